The van der Waals surface area contributed by atoms with E-state index in [1.807, 2.05) is 24.7 Å². The summed E-state index contributed by atoms with van der Waals surface area (Å²) in [5.41, 5.74) is 0.846. The third-order valence-corrected chi connectivity index (χ3v) is 2.68. The second-order valence-corrected chi connectivity index (χ2v) is 4.25. The number of ether oxygens (including phenoxy) is 1. The minimum atomic E-state index is 0.380. The quantitative estimate of drug-likeness (QED) is 0.777. The van der Waals surface area contributed by atoms with Gasteiger partial charge in [0.05, 0.1) is 5.69 Å². The first kappa shape index (κ1) is 13.0. The minimum Gasteiger partial charge on any atom is -0.374 e. The molecule has 0 unspecified atom stereocenters. The third-order valence-electron chi connectivity index (χ3n) is 2.49. The highest BCUT2D eigenvalue weighted by Crippen LogP contribution is 2.11. The molecule has 2 aromatic rings. The van der Waals surface area contributed by atoms with E-state index >= 15 is 0 Å². The molecule has 0 saturated carbocycles. The Balaban J connectivity index is 2.17. The smallest absolute Gasteiger partial charge is 0.155 e. The molecule has 18 heavy (non-hydrogen) atoms. The molecule has 0 fully saturated rings. The van der Waals surface area contributed by atoms with Crippen LogP contribution in [0.15, 0.2) is 18.5 Å². The summed E-state index contributed by atoms with van der Waals surface area (Å²) in [6.07, 6.45) is 4.29. The van der Waals surface area contributed by atoms with Crippen molar-refractivity contribution < 1.29 is 4.74 Å². The summed E-state index contributed by atoms with van der Waals surface area (Å²) in [6.45, 7) is 2.94. The summed E-state index contributed by atoms with van der Waals surface area (Å²) < 4.78 is 7.24. The van der Waals surface area contributed by atoms with Crippen molar-refractivity contribution in [1.82, 2.24) is 19.5 Å². The van der Waals surface area contributed by atoms with Crippen molar-refractivity contribution in [2.45, 2.75) is 20.0 Å². The first-order valence-electron chi connectivity index (χ1n) is 5.75. The van der Waals surface area contributed by atoms with Gasteiger partial charge >= 0.3 is 0 Å². The molecule has 2 heterocycles. The average molecular weight is 267 g/mol. The molecule has 0 N–H and O–H groups in total. The molecular formula is C12H15ClN4O. The predicted octanol–water partition coefficient (Wildman–Crippen LogP) is 1.99. The van der Waals surface area contributed by atoms with Gasteiger partial charge in [-0.15, -0.1) is 0 Å². The van der Waals surface area contributed by atoms with E-state index in [0.29, 0.717) is 30.6 Å². The summed E-state index contributed by atoms with van der Waals surface area (Å²) in [4.78, 5) is 12.8. The number of aryl methyl sites for hydroxylation is 1. The minimum absolute atomic E-state index is 0.380. The molecular weight excluding hydrogens is 252 g/mol. The van der Waals surface area contributed by atoms with Crippen molar-refractivity contribution in [2.75, 3.05) is 6.61 Å². The van der Waals surface area contributed by atoms with Crippen LogP contribution in [0.5, 0.6) is 0 Å². The first-order valence-corrected chi connectivity index (χ1v) is 6.13. The Morgan fingerprint density at radius 3 is 2.89 bits per heavy atom. The summed E-state index contributed by atoms with van der Waals surface area (Å²) >= 11 is 5.98. The molecule has 0 spiro atoms. The van der Waals surface area contributed by atoms with Crippen LogP contribution in [0.1, 0.15) is 24.3 Å². The van der Waals surface area contributed by atoms with Crippen LogP contribution < -0.4 is 0 Å². The van der Waals surface area contributed by atoms with Gasteiger partial charge in [0, 0.05) is 32.5 Å². The Morgan fingerprint density at radius 2 is 2.22 bits per heavy atom. The molecule has 0 aliphatic rings. The van der Waals surface area contributed by atoms with Crippen LogP contribution in [-0.2, 0) is 24.8 Å². The van der Waals surface area contributed by atoms with Crippen LogP contribution in [0.4, 0.5) is 0 Å². The number of hydrogen-bond donors (Lipinski definition) is 0. The lowest BCUT2D eigenvalue weighted by atomic mass is 10.3. The van der Waals surface area contributed by atoms with Gasteiger partial charge in [-0.25, -0.2) is 15.0 Å². The van der Waals surface area contributed by atoms with E-state index in [4.69, 9.17) is 16.3 Å². The molecule has 0 aliphatic carbocycles. The molecule has 0 atom stereocenters. The van der Waals surface area contributed by atoms with Gasteiger partial charge in [-0.1, -0.05) is 11.6 Å². The predicted molar refractivity (Wildman–Crippen MR) is 68.4 cm³/mol. The van der Waals surface area contributed by atoms with Crippen molar-refractivity contribution in [3.8, 4) is 0 Å². The van der Waals surface area contributed by atoms with Gasteiger partial charge in [-0.3, -0.25) is 0 Å². The zero-order chi connectivity index (χ0) is 13.0. The monoisotopic (exact) mass is 266 g/mol. The molecule has 0 amide bonds. The molecule has 2 rings (SSSR count). The van der Waals surface area contributed by atoms with Crippen molar-refractivity contribution in [2.24, 2.45) is 7.05 Å². The number of halogens is 1. The average Bonchev–Trinajstić information content (AvgIpc) is 2.72. The fraction of sp³-hybridized carbons (Fsp3) is 0.417. The highest BCUT2D eigenvalue weighted by atomic mass is 35.5. The van der Waals surface area contributed by atoms with Crippen LogP contribution in [0, 0.1) is 0 Å². The van der Waals surface area contributed by atoms with E-state index in [-0.39, 0.29) is 0 Å². The van der Waals surface area contributed by atoms with Gasteiger partial charge in [0.2, 0.25) is 0 Å². The maximum absolute atomic E-state index is 5.98. The van der Waals surface area contributed by atoms with Crippen LogP contribution in [-0.4, -0.2) is 26.1 Å². The first-order chi connectivity index (χ1) is 8.69. The Bertz CT molecular complexity index is 527. The SMILES string of the molecule is CCOCc1nc(Cl)cc(Cc2nccn2C)n1. The molecule has 0 saturated heterocycles. The zero-order valence-electron chi connectivity index (χ0n) is 10.4. The van der Waals surface area contributed by atoms with Crippen molar-refractivity contribution >= 4 is 11.6 Å². The standard InChI is InChI=1S/C12H15ClN4O/c1-3-18-8-11-15-9(6-10(13)16-11)7-12-14-4-5-17(12)2/h4-6H,3,7-8H2,1-2H3. The van der Waals surface area contributed by atoms with E-state index in [9.17, 15) is 0 Å². The van der Waals surface area contributed by atoms with Crippen LogP contribution >= 0.6 is 11.6 Å². The largest absolute Gasteiger partial charge is 0.374 e. The number of nitrogens with zero attached hydrogens (tertiary/aromatic N) is 4. The van der Waals surface area contributed by atoms with E-state index in [2.05, 4.69) is 15.0 Å². The molecule has 0 bridgehead atoms. The highest BCUT2D eigenvalue weighted by molar-refractivity contribution is 6.29. The Kier molecular flexibility index (Phi) is 4.28. The van der Waals surface area contributed by atoms with E-state index in [1.165, 1.54) is 0 Å². The van der Waals surface area contributed by atoms with Crippen molar-refractivity contribution in [1.29, 1.82) is 0 Å². The molecule has 96 valence electrons. The second-order valence-electron chi connectivity index (χ2n) is 3.87. The second kappa shape index (κ2) is 5.93. The number of imidazole rings is 1. The molecule has 6 heteroatoms. The Morgan fingerprint density at radius 1 is 1.39 bits per heavy atom. The zero-order valence-corrected chi connectivity index (χ0v) is 11.2. The lowest BCUT2D eigenvalue weighted by Crippen LogP contribution is -2.05. The van der Waals surface area contributed by atoms with Crippen LogP contribution in [0.25, 0.3) is 0 Å². The summed E-state index contributed by atoms with van der Waals surface area (Å²) in [6, 6.07) is 1.76. The van der Waals surface area contributed by atoms with Gasteiger partial charge in [0.15, 0.2) is 5.82 Å². The van der Waals surface area contributed by atoms with Gasteiger partial charge in [0.1, 0.15) is 17.6 Å². The number of rotatable bonds is 5. The van der Waals surface area contributed by atoms with Gasteiger partial charge in [0.25, 0.3) is 0 Å². The maximum atomic E-state index is 5.98. The van der Waals surface area contributed by atoms with Crippen molar-refractivity contribution in [3.63, 3.8) is 0 Å². The van der Waals surface area contributed by atoms with E-state index in [0.717, 1.165) is 11.5 Å². The summed E-state index contributed by atoms with van der Waals surface area (Å²) in [5, 5.41) is 0.434. The van der Waals surface area contributed by atoms with Crippen molar-refractivity contribution in [3.05, 3.63) is 41.0 Å². The summed E-state index contributed by atoms with van der Waals surface area (Å²) in [7, 11) is 1.95. The third kappa shape index (κ3) is 3.27. The lowest BCUT2D eigenvalue weighted by molar-refractivity contribution is 0.128. The Labute approximate surface area is 111 Å². The maximum Gasteiger partial charge on any atom is 0.155 e. The number of aromatic nitrogens is 4. The van der Waals surface area contributed by atoms with Gasteiger partial charge in [-0.2, -0.15) is 0 Å². The molecule has 5 nitrogen and oxygen atoms in total. The normalized spacial score (nSPS) is 10.8. The van der Waals surface area contributed by atoms with E-state index in [1.54, 1.807) is 12.3 Å². The highest BCUT2D eigenvalue weighted by Gasteiger charge is 2.07. The van der Waals surface area contributed by atoms with Gasteiger partial charge < -0.3 is 9.30 Å². The molecule has 0 aliphatic heterocycles. The van der Waals surface area contributed by atoms with Crippen LogP contribution in [0.2, 0.25) is 5.15 Å². The number of hydrogen-bond acceptors (Lipinski definition) is 4. The van der Waals surface area contributed by atoms with Gasteiger partial charge in [-0.05, 0) is 13.0 Å². The lowest BCUT2D eigenvalue weighted by Gasteiger charge is -2.05. The topological polar surface area (TPSA) is 52.8 Å². The molecule has 0 aromatic carbocycles. The Hall–Kier alpha value is -1.46. The molecule has 0 radical (unpaired) electrons. The summed E-state index contributed by atoms with van der Waals surface area (Å²) in [5.74, 6) is 1.54. The fourth-order valence-electron chi connectivity index (χ4n) is 1.59. The van der Waals surface area contributed by atoms with E-state index < -0.39 is 0 Å². The fourth-order valence-corrected chi connectivity index (χ4v) is 1.82. The van der Waals surface area contributed by atoms with Crippen LogP contribution in [0.3, 0.4) is 0 Å². The molecule has 2 aromatic heterocycles.